The molecule has 1 aliphatic rings. The highest BCUT2D eigenvalue weighted by atomic mass is 19.1. The molecule has 1 heterocycles. The molecule has 8 heteroatoms. The first-order valence-corrected chi connectivity index (χ1v) is 10.2. The molecule has 0 radical (unpaired) electrons. The molecule has 0 saturated carbocycles. The number of carbonyl (C=O) groups excluding carboxylic acids is 2. The number of nitrogens with two attached hydrogens (primary N) is 1. The Labute approximate surface area is 181 Å². The number of benzene rings is 2. The fourth-order valence-electron chi connectivity index (χ4n) is 3.74. The zero-order valence-corrected chi connectivity index (χ0v) is 18.0. The molecule has 1 fully saturated rings. The first kappa shape index (κ1) is 22.6. The van der Waals surface area contributed by atoms with E-state index in [1.807, 2.05) is 11.8 Å². The maximum absolute atomic E-state index is 13.1. The molecule has 2 aromatic rings. The molecule has 0 spiro atoms. The van der Waals surface area contributed by atoms with Crippen molar-refractivity contribution >= 4 is 17.6 Å². The van der Waals surface area contributed by atoms with Crippen LogP contribution in [-0.4, -0.2) is 60.6 Å². The Kier molecular flexibility index (Phi) is 7.12. The monoisotopic (exact) mass is 429 g/mol. The van der Waals surface area contributed by atoms with Crippen LogP contribution in [0.15, 0.2) is 42.5 Å². The molecular weight excluding hydrogens is 401 g/mol. The van der Waals surface area contributed by atoms with E-state index in [0.717, 1.165) is 5.56 Å². The van der Waals surface area contributed by atoms with Crippen LogP contribution in [0.3, 0.4) is 0 Å². The van der Waals surface area contributed by atoms with E-state index < -0.39 is 5.97 Å². The molecule has 1 amide bonds. The predicted octanol–water partition coefficient (Wildman–Crippen LogP) is 2.69. The fraction of sp³-hybridized carbons (Fsp3) is 0.391. The maximum atomic E-state index is 13.1. The van der Waals surface area contributed by atoms with Crippen LogP contribution < -0.4 is 10.5 Å². The van der Waals surface area contributed by atoms with Crippen LogP contribution in [0.2, 0.25) is 0 Å². The summed E-state index contributed by atoms with van der Waals surface area (Å²) in [5.41, 5.74) is 7.56. The Bertz CT molecular complexity index is 935. The number of hydrogen-bond donors (Lipinski definition) is 1. The second-order valence-corrected chi connectivity index (χ2v) is 7.83. The van der Waals surface area contributed by atoms with Crippen LogP contribution in [0.1, 0.15) is 29.8 Å². The van der Waals surface area contributed by atoms with Gasteiger partial charge in [0.2, 0.25) is 0 Å². The lowest BCUT2D eigenvalue weighted by Gasteiger charge is -2.44. The Morgan fingerprint density at radius 1 is 1.10 bits per heavy atom. The lowest BCUT2D eigenvalue weighted by molar-refractivity contribution is -0.139. The quantitative estimate of drug-likeness (QED) is 0.561. The number of piperazine rings is 1. The summed E-state index contributed by atoms with van der Waals surface area (Å²) in [4.78, 5) is 28.5. The van der Waals surface area contributed by atoms with Gasteiger partial charge in [-0.25, -0.2) is 9.18 Å². The molecule has 0 aliphatic carbocycles. The number of nitrogens with zero attached hydrogens (tertiary/aromatic N) is 2. The van der Waals surface area contributed by atoms with E-state index in [2.05, 4.69) is 16.6 Å². The van der Waals surface area contributed by atoms with Gasteiger partial charge in [0, 0.05) is 31.7 Å². The summed E-state index contributed by atoms with van der Waals surface area (Å²) in [6, 6.07) is 11.2. The van der Waals surface area contributed by atoms with E-state index in [9.17, 15) is 14.0 Å². The molecule has 3 rings (SSSR count). The van der Waals surface area contributed by atoms with Gasteiger partial charge in [-0.15, -0.1) is 0 Å². The van der Waals surface area contributed by atoms with Crippen LogP contribution in [0.4, 0.5) is 10.1 Å². The summed E-state index contributed by atoms with van der Waals surface area (Å²) in [6.07, 6.45) is 0. The van der Waals surface area contributed by atoms with E-state index in [-0.39, 0.29) is 36.1 Å². The number of anilines is 1. The summed E-state index contributed by atoms with van der Waals surface area (Å²) in [5, 5.41) is 0. The van der Waals surface area contributed by atoms with Crippen LogP contribution in [0, 0.1) is 5.82 Å². The summed E-state index contributed by atoms with van der Waals surface area (Å²) >= 11 is 0. The maximum Gasteiger partial charge on any atom is 0.337 e. The third-order valence-electron chi connectivity index (χ3n) is 5.52. The molecule has 0 bridgehead atoms. The van der Waals surface area contributed by atoms with Crippen molar-refractivity contribution in [2.45, 2.75) is 32.5 Å². The number of halogens is 1. The molecule has 2 aromatic carbocycles. The number of rotatable bonds is 6. The molecule has 7 nitrogen and oxygen atoms in total. The van der Waals surface area contributed by atoms with Gasteiger partial charge in [-0.05, 0) is 49.7 Å². The molecule has 1 aliphatic heterocycles. The Morgan fingerprint density at radius 2 is 1.81 bits per heavy atom. The van der Waals surface area contributed by atoms with Crippen molar-refractivity contribution < 1.29 is 23.5 Å². The third-order valence-corrected chi connectivity index (χ3v) is 5.52. The lowest BCUT2D eigenvalue weighted by atomic mass is 10.1. The first-order chi connectivity index (χ1) is 14.8. The highest BCUT2D eigenvalue weighted by Crippen LogP contribution is 2.24. The third kappa shape index (κ3) is 5.52. The van der Waals surface area contributed by atoms with Gasteiger partial charge in [-0.2, -0.15) is 0 Å². The van der Waals surface area contributed by atoms with Gasteiger partial charge >= 0.3 is 5.97 Å². The minimum absolute atomic E-state index is 0.00629. The van der Waals surface area contributed by atoms with Crippen molar-refractivity contribution in [3.63, 3.8) is 0 Å². The van der Waals surface area contributed by atoms with Gasteiger partial charge in [0.1, 0.15) is 11.6 Å². The van der Waals surface area contributed by atoms with Crippen LogP contribution in [-0.2, 0) is 16.1 Å². The Balaban J connectivity index is 1.56. The van der Waals surface area contributed by atoms with Crippen molar-refractivity contribution in [2.75, 3.05) is 32.5 Å². The van der Waals surface area contributed by atoms with Crippen LogP contribution in [0.25, 0.3) is 0 Å². The topological polar surface area (TPSA) is 85.1 Å². The summed E-state index contributed by atoms with van der Waals surface area (Å²) < 4.78 is 23.4. The zero-order chi connectivity index (χ0) is 22.5. The van der Waals surface area contributed by atoms with Crippen molar-refractivity contribution in [1.82, 2.24) is 9.80 Å². The fourth-order valence-corrected chi connectivity index (χ4v) is 3.74. The number of nitrogen functional groups attached to an aromatic ring is 1. The van der Waals surface area contributed by atoms with Crippen molar-refractivity contribution in [3.8, 4) is 5.75 Å². The normalized spacial score (nSPS) is 19.2. The lowest BCUT2D eigenvalue weighted by Crippen LogP contribution is -2.58. The second kappa shape index (κ2) is 9.78. The highest BCUT2D eigenvalue weighted by Gasteiger charge is 2.32. The molecule has 2 N–H and O–H groups in total. The molecular formula is C23H28FN3O4. The number of methoxy groups -OCH3 is 1. The predicted molar refractivity (Wildman–Crippen MR) is 115 cm³/mol. The standard InChI is InChI=1S/C23H28FN3O4/c1-15-12-27(16(2)11-26(15)13-17-4-7-19(24)8-5-17)22(28)14-31-21-9-6-18(10-20(21)25)23(29)30-3/h4-10,15-16H,11-14,25H2,1-3H3/t15-,16+/m0/s1. The van der Waals surface area contributed by atoms with E-state index >= 15 is 0 Å². The Hall–Kier alpha value is -3.13. The number of ether oxygens (including phenoxy) is 2. The van der Waals surface area contributed by atoms with E-state index in [1.165, 1.54) is 25.3 Å². The number of carbonyl (C=O) groups is 2. The van der Waals surface area contributed by atoms with Gasteiger partial charge in [0.05, 0.1) is 18.4 Å². The smallest absolute Gasteiger partial charge is 0.337 e. The second-order valence-electron chi connectivity index (χ2n) is 7.83. The minimum atomic E-state index is -0.490. The van der Waals surface area contributed by atoms with E-state index in [0.29, 0.717) is 30.9 Å². The highest BCUT2D eigenvalue weighted by molar-refractivity contribution is 5.91. The van der Waals surface area contributed by atoms with Gasteiger partial charge < -0.3 is 20.1 Å². The molecule has 2 atom stereocenters. The summed E-state index contributed by atoms with van der Waals surface area (Å²) in [7, 11) is 1.29. The number of hydrogen-bond acceptors (Lipinski definition) is 6. The van der Waals surface area contributed by atoms with Crippen molar-refractivity contribution in [2.24, 2.45) is 0 Å². The van der Waals surface area contributed by atoms with Gasteiger partial charge in [0.25, 0.3) is 5.91 Å². The molecule has 166 valence electrons. The SMILES string of the molecule is COC(=O)c1ccc(OCC(=O)N2C[C@H](C)N(Cc3ccc(F)cc3)C[C@H]2C)c(N)c1. The minimum Gasteiger partial charge on any atom is -0.482 e. The molecule has 1 saturated heterocycles. The zero-order valence-electron chi connectivity index (χ0n) is 18.0. The number of amides is 1. The first-order valence-electron chi connectivity index (χ1n) is 10.2. The number of esters is 1. The summed E-state index contributed by atoms with van der Waals surface area (Å²) in [5.74, 6) is -0.523. The van der Waals surface area contributed by atoms with Gasteiger partial charge in [0.15, 0.2) is 6.61 Å². The Morgan fingerprint density at radius 3 is 2.45 bits per heavy atom. The van der Waals surface area contributed by atoms with E-state index in [4.69, 9.17) is 10.5 Å². The van der Waals surface area contributed by atoms with Crippen LogP contribution in [0.5, 0.6) is 5.75 Å². The summed E-state index contributed by atoms with van der Waals surface area (Å²) in [6.45, 7) is 5.91. The largest absolute Gasteiger partial charge is 0.482 e. The van der Waals surface area contributed by atoms with E-state index in [1.54, 1.807) is 24.3 Å². The van der Waals surface area contributed by atoms with Crippen molar-refractivity contribution in [1.29, 1.82) is 0 Å². The molecule has 0 aromatic heterocycles. The molecule has 31 heavy (non-hydrogen) atoms. The van der Waals surface area contributed by atoms with Gasteiger partial charge in [-0.3, -0.25) is 9.69 Å². The van der Waals surface area contributed by atoms with Gasteiger partial charge in [-0.1, -0.05) is 12.1 Å². The van der Waals surface area contributed by atoms with Crippen molar-refractivity contribution in [3.05, 3.63) is 59.4 Å². The molecule has 0 unspecified atom stereocenters. The average molecular weight is 429 g/mol. The van der Waals surface area contributed by atoms with Crippen LogP contribution >= 0.6 is 0 Å². The average Bonchev–Trinajstić information content (AvgIpc) is 2.75.